The summed E-state index contributed by atoms with van der Waals surface area (Å²) >= 11 is 0. The Kier molecular flexibility index (Phi) is 6.58. The molecule has 0 spiro atoms. The van der Waals surface area contributed by atoms with Crippen LogP contribution in [-0.2, 0) is 25.0 Å². The molecule has 2 aromatic rings. The van der Waals surface area contributed by atoms with Gasteiger partial charge >= 0.3 is 0 Å². The van der Waals surface area contributed by atoms with Crippen LogP contribution >= 0.6 is 0 Å². The van der Waals surface area contributed by atoms with Crippen LogP contribution in [0.25, 0.3) is 0 Å². The Balaban J connectivity index is 1.51. The second-order valence-electron chi connectivity index (χ2n) is 7.69. The molecular weight excluding hydrogens is 510 g/mol. The highest BCUT2D eigenvalue weighted by molar-refractivity contribution is 7.86. The van der Waals surface area contributed by atoms with Gasteiger partial charge in [0, 0.05) is 6.54 Å². The molecule has 188 valence electrons. The van der Waals surface area contributed by atoms with Crippen LogP contribution in [0.15, 0.2) is 93.1 Å². The van der Waals surface area contributed by atoms with Gasteiger partial charge in [0.1, 0.15) is 0 Å². The maximum absolute atomic E-state index is 12.8. The van der Waals surface area contributed by atoms with Crippen molar-refractivity contribution in [3.63, 3.8) is 0 Å². The molecule has 0 saturated carbocycles. The van der Waals surface area contributed by atoms with Crippen molar-refractivity contribution in [2.45, 2.75) is 23.6 Å². The molecule has 0 saturated heterocycles. The Morgan fingerprint density at radius 1 is 0.944 bits per heavy atom. The Morgan fingerprint density at radius 2 is 1.56 bits per heavy atom. The van der Waals surface area contributed by atoms with Crippen molar-refractivity contribution in [1.82, 2.24) is 0 Å². The number of carbonyl (C=O) groups excluding carboxylic acids is 1. The van der Waals surface area contributed by atoms with Crippen LogP contribution in [0.5, 0.6) is 5.75 Å². The maximum Gasteiger partial charge on any atom is 0.294 e. The molecule has 2 heterocycles. The molecule has 0 aromatic heterocycles. The molecular formula is C23H21N3O8S2. The van der Waals surface area contributed by atoms with Crippen LogP contribution in [0.4, 0.5) is 11.4 Å². The number of benzene rings is 2. The number of ether oxygens (including phenoxy) is 1. The lowest BCUT2D eigenvalue weighted by Gasteiger charge is -2.15. The zero-order chi connectivity index (χ0) is 26.3. The van der Waals surface area contributed by atoms with Crippen LogP contribution in [0.2, 0.25) is 0 Å². The van der Waals surface area contributed by atoms with Gasteiger partial charge in [-0.1, -0.05) is 12.2 Å². The zero-order valence-electron chi connectivity index (χ0n) is 19.1. The predicted molar refractivity (Wildman–Crippen MR) is 132 cm³/mol. The van der Waals surface area contributed by atoms with Gasteiger partial charge in [-0.25, -0.2) is 0 Å². The van der Waals surface area contributed by atoms with Gasteiger partial charge in [0.15, 0.2) is 5.75 Å². The first-order chi connectivity index (χ1) is 16.9. The lowest BCUT2D eigenvalue weighted by atomic mass is 10.1. The molecule has 2 aliphatic rings. The van der Waals surface area contributed by atoms with Gasteiger partial charge in [-0.2, -0.15) is 26.9 Å². The van der Waals surface area contributed by atoms with Crippen molar-refractivity contribution in [1.29, 1.82) is 0 Å². The van der Waals surface area contributed by atoms with E-state index in [4.69, 9.17) is 9.29 Å². The molecule has 0 aliphatic carbocycles. The summed E-state index contributed by atoms with van der Waals surface area (Å²) in [6.07, 6.45) is 6.48. The van der Waals surface area contributed by atoms with E-state index in [1.165, 1.54) is 42.5 Å². The summed E-state index contributed by atoms with van der Waals surface area (Å²) in [4.78, 5) is 14.0. The molecule has 13 heteroatoms. The molecule has 0 atom stereocenters. The number of hydrazone groups is 1. The molecule has 2 aliphatic heterocycles. The standard InChI is InChI=1S/C23H21N3O8S2/c1-3-25-20-14-18(36(31,32)33)12-13-21(20)34-22(25)7-5-4-6-19-15(2)24-26(23(19)27)16-8-10-17(11-9-16)35(28,29)30/h4-14H,3H2,1-2H3,(H,28,29,30)(H,31,32,33). The average Bonchev–Trinajstić information content (AvgIpc) is 3.31. The number of hydrogen-bond acceptors (Lipinski definition) is 8. The third-order valence-corrected chi connectivity index (χ3v) is 7.09. The van der Waals surface area contributed by atoms with Crippen molar-refractivity contribution >= 4 is 43.2 Å². The van der Waals surface area contributed by atoms with Crippen LogP contribution in [-0.4, -0.2) is 44.1 Å². The number of hydrogen-bond donors (Lipinski definition) is 2. The number of fused-ring (bicyclic) bond motifs is 1. The number of carbonyl (C=O) groups is 1. The lowest BCUT2D eigenvalue weighted by Crippen LogP contribution is -2.21. The Bertz CT molecular complexity index is 1570. The Labute approximate surface area is 207 Å². The number of amides is 1. The average molecular weight is 532 g/mol. The van der Waals surface area contributed by atoms with E-state index >= 15 is 0 Å². The second-order valence-corrected chi connectivity index (χ2v) is 10.5. The van der Waals surface area contributed by atoms with E-state index in [2.05, 4.69) is 5.10 Å². The van der Waals surface area contributed by atoms with Crippen molar-refractivity contribution in [2.75, 3.05) is 16.5 Å². The molecule has 2 N–H and O–H groups in total. The molecule has 2 aromatic carbocycles. The monoisotopic (exact) mass is 531 g/mol. The summed E-state index contributed by atoms with van der Waals surface area (Å²) in [5, 5.41) is 5.35. The van der Waals surface area contributed by atoms with E-state index < -0.39 is 26.1 Å². The minimum Gasteiger partial charge on any atom is -0.439 e. The topological polar surface area (TPSA) is 154 Å². The Morgan fingerprint density at radius 3 is 2.17 bits per heavy atom. The summed E-state index contributed by atoms with van der Waals surface area (Å²) in [6.45, 7) is 3.98. The minimum atomic E-state index is -4.36. The highest BCUT2D eigenvalue weighted by Gasteiger charge is 2.29. The number of nitrogens with zero attached hydrogens (tertiary/aromatic N) is 3. The summed E-state index contributed by atoms with van der Waals surface area (Å²) < 4.78 is 69.5. The first-order valence-electron chi connectivity index (χ1n) is 10.5. The van der Waals surface area contributed by atoms with Gasteiger partial charge in [0.25, 0.3) is 26.1 Å². The van der Waals surface area contributed by atoms with E-state index in [-0.39, 0.29) is 9.79 Å². The fourth-order valence-electron chi connectivity index (χ4n) is 3.63. The quantitative estimate of drug-likeness (QED) is 0.423. The van der Waals surface area contributed by atoms with Gasteiger partial charge in [-0.15, -0.1) is 0 Å². The van der Waals surface area contributed by atoms with Crippen LogP contribution in [0.1, 0.15) is 13.8 Å². The van der Waals surface area contributed by atoms with E-state index in [0.717, 1.165) is 5.01 Å². The van der Waals surface area contributed by atoms with Crippen molar-refractivity contribution < 1.29 is 35.5 Å². The summed E-state index contributed by atoms with van der Waals surface area (Å²) in [6, 6.07) is 9.12. The van der Waals surface area contributed by atoms with Crippen LogP contribution in [0.3, 0.4) is 0 Å². The first kappa shape index (κ1) is 25.3. The normalized spacial score (nSPS) is 18.3. The molecule has 11 nitrogen and oxygen atoms in total. The molecule has 1 amide bonds. The zero-order valence-corrected chi connectivity index (χ0v) is 20.7. The van der Waals surface area contributed by atoms with Crippen molar-refractivity contribution in [3.05, 3.63) is 78.2 Å². The largest absolute Gasteiger partial charge is 0.439 e. The molecule has 0 unspecified atom stereocenters. The fraction of sp³-hybridized carbons (Fsp3) is 0.130. The third-order valence-electron chi connectivity index (χ3n) is 5.37. The third kappa shape index (κ3) is 4.95. The van der Waals surface area contributed by atoms with Crippen molar-refractivity contribution in [2.24, 2.45) is 5.10 Å². The maximum atomic E-state index is 12.8. The predicted octanol–water partition coefficient (Wildman–Crippen LogP) is 3.15. The minimum absolute atomic E-state index is 0.239. The highest BCUT2D eigenvalue weighted by Crippen LogP contribution is 2.40. The van der Waals surface area contributed by atoms with Gasteiger partial charge in [0.2, 0.25) is 5.88 Å². The first-order valence-corrected chi connectivity index (χ1v) is 13.4. The SMILES string of the molecule is CCN1C(=CC=CC=C2C(=O)N(c3ccc(S(=O)(=O)O)cc3)N=C2C)Oc2ccc(S(=O)(=O)O)cc21. The van der Waals surface area contributed by atoms with E-state index in [1.54, 1.807) is 36.1 Å². The summed E-state index contributed by atoms with van der Waals surface area (Å²) in [5.74, 6) is 0.451. The molecule has 0 bridgehead atoms. The van der Waals surface area contributed by atoms with Crippen LogP contribution < -0.4 is 14.6 Å². The molecule has 0 radical (unpaired) electrons. The summed E-state index contributed by atoms with van der Waals surface area (Å²) in [5.41, 5.74) is 1.61. The second kappa shape index (κ2) is 9.35. The molecule has 36 heavy (non-hydrogen) atoms. The number of anilines is 2. The molecule has 0 fully saturated rings. The van der Waals surface area contributed by atoms with E-state index in [9.17, 15) is 26.2 Å². The Hall–Kier alpha value is -3.78. The lowest BCUT2D eigenvalue weighted by molar-refractivity contribution is -0.114. The van der Waals surface area contributed by atoms with Gasteiger partial charge in [0.05, 0.1) is 32.5 Å². The van der Waals surface area contributed by atoms with Gasteiger partial charge in [-0.3, -0.25) is 13.9 Å². The van der Waals surface area contributed by atoms with Crippen LogP contribution in [0, 0.1) is 0 Å². The highest BCUT2D eigenvalue weighted by atomic mass is 32.2. The van der Waals surface area contributed by atoms with Gasteiger partial charge < -0.3 is 9.64 Å². The van der Waals surface area contributed by atoms with E-state index in [1.807, 2.05) is 6.92 Å². The summed E-state index contributed by atoms with van der Waals surface area (Å²) in [7, 11) is -8.71. The van der Waals surface area contributed by atoms with Gasteiger partial charge in [-0.05, 0) is 68.5 Å². The fourth-order valence-corrected chi connectivity index (χ4v) is 4.61. The smallest absolute Gasteiger partial charge is 0.294 e. The van der Waals surface area contributed by atoms with E-state index in [0.29, 0.717) is 40.8 Å². The number of allylic oxidation sites excluding steroid dienone is 4. The number of rotatable bonds is 6. The van der Waals surface area contributed by atoms with Crippen molar-refractivity contribution in [3.8, 4) is 5.75 Å². The molecule has 4 rings (SSSR count).